The summed E-state index contributed by atoms with van der Waals surface area (Å²) in [6.45, 7) is 5.50. The number of carbonyl (C=O) groups is 2. The van der Waals surface area contributed by atoms with Gasteiger partial charge in [-0.1, -0.05) is 5.16 Å². The van der Waals surface area contributed by atoms with E-state index in [4.69, 9.17) is 4.52 Å². The Morgan fingerprint density at radius 3 is 2.81 bits per heavy atom. The Labute approximate surface area is 156 Å². The average molecular weight is 373 g/mol. The van der Waals surface area contributed by atoms with Crippen molar-refractivity contribution >= 4 is 17.7 Å². The lowest BCUT2D eigenvalue weighted by Gasteiger charge is -2.34. The summed E-state index contributed by atoms with van der Waals surface area (Å²) in [6.07, 6.45) is 4.98. The Hall–Kier alpha value is -2.97. The summed E-state index contributed by atoms with van der Waals surface area (Å²) in [4.78, 5) is 33.7. The quantitative estimate of drug-likeness (QED) is 0.778. The van der Waals surface area contributed by atoms with Gasteiger partial charge >= 0.3 is 5.97 Å². The van der Waals surface area contributed by atoms with Crippen LogP contribution in [0.3, 0.4) is 0 Å². The van der Waals surface area contributed by atoms with Gasteiger partial charge in [-0.15, -0.1) is 0 Å². The maximum Gasteiger partial charge on any atom is 0.358 e. The van der Waals surface area contributed by atoms with Gasteiger partial charge in [0.25, 0.3) is 0 Å². The highest BCUT2D eigenvalue weighted by Crippen LogP contribution is 2.23. The van der Waals surface area contributed by atoms with Gasteiger partial charge < -0.3 is 19.8 Å². The molecule has 0 aromatic carbocycles. The summed E-state index contributed by atoms with van der Waals surface area (Å²) in [5.74, 6) is 0.100. The number of carbonyl (C=O) groups excluding carboxylic acids is 1. The molecule has 2 N–H and O–H groups in total. The molecule has 1 fully saturated rings. The van der Waals surface area contributed by atoms with Gasteiger partial charge in [-0.25, -0.2) is 14.8 Å². The largest absolute Gasteiger partial charge is 0.476 e. The molecule has 0 radical (unpaired) electrons. The van der Waals surface area contributed by atoms with E-state index in [2.05, 4.69) is 20.4 Å². The Morgan fingerprint density at radius 2 is 2.11 bits per heavy atom. The molecular formula is C18H23N5O4. The van der Waals surface area contributed by atoms with Crippen molar-refractivity contribution in [3.8, 4) is 0 Å². The van der Waals surface area contributed by atoms with Gasteiger partial charge in [-0.05, 0) is 32.6 Å². The van der Waals surface area contributed by atoms with Gasteiger partial charge in [0.15, 0.2) is 11.5 Å². The van der Waals surface area contributed by atoms with Crippen molar-refractivity contribution in [1.29, 1.82) is 0 Å². The first-order valence-electron chi connectivity index (χ1n) is 8.93. The number of aromatic carboxylic acids is 1. The molecule has 1 unspecified atom stereocenters. The Kier molecular flexibility index (Phi) is 5.68. The van der Waals surface area contributed by atoms with Crippen LogP contribution < -0.4 is 10.2 Å². The summed E-state index contributed by atoms with van der Waals surface area (Å²) in [5.41, 5.74) is 1.51. The number of carboxylic acids is 1. The van der Waals surface area contributed by atoms with Crippen LogP contribution in [-0.4, -0.2) is 51.7 Å². The molecule has 2 aromatic heterocycles. The second-order valence-corrected chi connectivity index (χ2v) is 6.77. The van der Waals surface area contributed by atoms with Crippen LogP contribution in [0.25, 0.3) is 0 Å². The molecule has 9 nitrogen and oxygen atoms in total. The van der Waals surface area contributed by atoms with Crippen LogP contribution in [0.5, 0.6) is 0 Å². The molecular weight excluding hydrogens is 350 g/mol. The van der Waals surface area contributed by atoms with Crippen molar-refractivity contribution in [2.75, 3.05) is 24.5 Å². The highest BCUT2D eigenvalue weighted by atomic mass is 16.5. The molecule has 1 saturated heterocycles. The predicted molar refractivity (Wildman–Crippen MR) is 96.6 cm³/mol. The van der Waals surface area contributed by atoms with E-state index in [9.17, 15) is 14.7 Å². The standard InChI is InChI=1S/C18H23N5O4/c1-11-14(12(2)27-22-11)8-15(24)21-9-13-4-3-7-23(10-13)17-16(18(25)26)19-5-6-20-17/h5-6,13H,3-4,7-10H2,1-2H3,(H,21,24)(H,25,26). The Morgan fingerprint density at radius 1 is 1.33 bits per heavy atom. The number of aryl methyl sites for hydroxylation is 2. The molecule has 0 spiro atoms. The van der Waals surface area contributed by atoms with Crippen molar-refractivity contribution in [3.05, 3.63) is 35.1 Å². The minimum Gasteiger partial charge on any atom is -0.476 e. The molecule has 3 heterocycles. The van der Waals surface area contributed by atoms with Gasteiger partial charge in [-0.2, -0.15) is 0 Å². The number of carboxylic acid groups (broad SMARTS) is 1. The van der Waals surface area contributed by atoms with Crippen LogP contribution in [0.15, 0.2) is 16.9 Å². The zero-order valence-corrected chi connectivity index (χ0v) is 15.4. The molecule has 0 saturated carbocycles. The summed E-state index contributed by atoms with van der Waals surface area (Å²) in [5, 5.41) is 16.1. The second kappa shape index (κ2) is 8.15. The fraction of sp³-hybridized carbons (Fsp3) is 0.500. The number of rotatable bonds is 6. The molecule has 0 aliphatic carbocycles. The van der Waals surface area contributed by atoms with Gasteiger partial charge in [0.05, 0.1) is 12.1 Å². The smallest absolute Gasteiger partial charge is 0.358 e. The molecule has 2 aromatic rings. The highest BCUT2D eigenvalue weighted by molar-refractivity contribution is 5.90. The third-order valence-electron chi connectivity index (χ3n) is 4.81. The number of nitrogens with one attached hydrogen (secondary N) is 1. The van der Waals surface area contributed by atoms with E-state index in [-0.39, 0.29) is 23.9 Å². The molecule has 1 aliphatic heterocycles. The number of amides is 1. The third kappa shape index (κ3) is 4.42. The van der Waals surface area contributed by atoms with Crippen molar-refractivity contribution < 1.29 is 19.2 Å². The molecule has 1 atom stereocenters. The minimum absolute atomic E-state index is 0.0411. The maximum absolute atomic E-state index is 12.3. The number of piperidine rings is 1. The van der Waals surface area contributed by atoms with Gasteiger partial charge in [0, 0.05) is 37.6 Å². The first kappa shape index (κ1) is 18.8. The van der Waals surface area contributed by atoms with Crippen molar-refractivity contribution in [3.63, 3.8) is 0 Å². The summed E-state index contributed by atoms with van der Waals surface area (Å²) in [6, 6.07) is 0. The van der Waals surface area contributed by atoms with Crippen LogP contribution in [0.4, 0.5) is 5.82 Å². The summed E-state index contributed by atoms with van der Waals surface area (Å²) < 4.78 is 5.09. The van der Waals surface area contributed by atoms with Crippen LogP contribution >= 0.6 is 0 Å². The average Bonchev–Trinajstić information content (AvgIpc) is 2.98. The molecule has 27 heavy (non-hydrogen) atoms. The van der Waals surface area contributed by atoms with E-state index >= 15 is 0 Å². The molecule has 1 amide bonds. The third-order valence-corrected chi connectivity index (χ3v) is 4.81. The first-order valence-corrected chi connectivity index (χ1v) is 8.93. The van der Waals surface area contributed by atoms with E-state index in [0.29, 0.717) is 24.7 Å². The topological polar surface area (TPSA) is 121 Å². The van der Waals surface area contributed by atoms with E-state index in [1.54, 1.807) is 6.92 Å². The number of hydrogen-bond donors (Lipinski definition) is 2. The minimum atomic E-state index is -1.09. The number of anilines is 1. The van der Waals surface area contributed by atoms with E-state index in [1.165, 1.54) is 12.4 Å². The SMILES string of the molecule is Cc1noc(C)c1CC(=O)NCC1CCCN(c2nccnc2C(=O)O)C1. The van der Waals surface area contributed by atoms with E-state index < -0.39 is 5.97 Å². The van der Waals surface area contributed by atoms with Crippen molar-refractivity contribution in [2.24, 2.45) is 5.92 Å². The lowest BCUT2D eigenvalue weighted by Crippen LogP contribution is -2.42. The van der Waals surface area contributed by atoms with Crippen molar-refractivity contribution in [1.82, 2.24) is 20.4 Å². The van der Waals surface area contributed by atoms with Gasteiger partial charge in [0.1, 0.15) is 5.76 Å². The molecule has 3 rings (SSSR count). The Bertz CT molecular complexity index is 815. The highest BCUT2D eigenvalue weighted by Gasteiger charge is 2.25. The fourth-order valence-electron chi connectivity index (χ4n) is 3.37. The number of nitrogens with zero attached hydrogens (tertiary/aromatic N) is 4. The molecule has 0 bridgehead atoms. The molecule has 144 valence electrons. The van der Waals surface area contributed by atoms with Crippen molar-refractivity contribution in [2.45, 2.75) is 33.1 Å². The zero-order chi connectivity index (χ0) is 19.4. The van der Waals surface area contributed by atoms with E-state index in [0.717, 1.165) is 30.6 Å². The van der Waals surface area contributed by atoms with Crippen LogP contribution in [0.2, 0.25) is 0 Å². The number of aromatic nitrogens is 3. The predicted octanol–water partition coefficient (Wildman–Crippen LogP) is 1.35. The number of hydrogen-bond acceptors (Lipinski definition) is 7. The van der Waals surface area contributed by atoms with E-state index in [1.807, 2.05) is 11.8 Å². The van der Waals surface area contributed by atoms with Gasteiger partial charge in [0.2, 0.25) is 5.91 Å². The second-order valence-electron chi connectivity index (χ2n) is 6.77. The summed E-state index contributed by atoms with van der Waals surface area (Å²) >= 11 is 0. The lowest BCUT2D eigenvalue weighted by atomic mass is 9.97. The van der Waals surface area contributed by atoms with Crippen LogP contribution in [-0.2, 0) is 11.2 Å². The molecule has 1 aliphatic rings. The van der Waals surface area contributed by atoms with Crippen LogP contribution in [0.1, 0.15) is 40.3 Å². The zero-order valence-electron chi connectivity index (χ0n) is 15.4. The fourth-order valence-corrected chi connectivity index (χ4v) is 3.37. The summed E-state index contributed by atoms with van der Waals surface area (Å²) in [7, 11) is 0. The Balaban J connectivity index is 1.57. The van der Waals surface area contributed by atoms with Gasteiger partial charge in [-0.3, -0.25) is 4.79 Å². The normalized spacial score (nSPS) is 17.0. The monoisotopic (exact) mass is 373 g/mol. The maximum atomic E-state index is 12.3. The first-order chi connectivity index (χ1) is 13.0. The van der Waals surface area contributed by atoms with Crippen LogP contribution in [0, 0.1) is 19.8 Å². The molecule has 9 heteroatoms. The lowest BCUT2D eigenvalue weighted by molar-refractivity contribution is -0.120.